The highest BCUT2D eigenvalue weighted by atomic mass is 35.5. The molecule has 0 unspecified atom stereocenters. The number of rotatable bonds is 5. The van der Waals surface area contributed by atoms with Crippen LogP contribution in [0.25, 0.3) is 0 Å². The first kappa shape index (κ1) is 21.1. The number of methoxy groups -OCH3 is 1. The Kier molecular flexibility index (Phi) is 5.76. The van der Waals surface area contributed by atoms with E-state index in [-0.39, 0.29) is 21.9 Å². The van der Waals surface area contributed by atoms with Gasteiger partial charge in [-0.2, -0.15) is 0 Å². The number of likely N-dealkylation sites (tertiary alicyclic amines) is 1. The van der Waals surface area contributed by atoms with Crippen molar-refractivity contribution in [2.75, 3.05) is 20.2 Å². The lowest BCUT2D eigenvalue weighted by Gasteiger charge is -2.36. The van der Waals surface area contributed by atoms with Gasteiger partial charge >= 0.3 is 0 Å². The Hall–Kier alpha value is -2.13. The molecule has 0 bridgehead atoms. The molecule has 9 heteroatoms. The highest BCUT2D eigenvalue weighted by Crippen LogP contribution is 2.33. The number of ether oxygens (including phenoxy) is 1. The van der Waals surface area contributed by atoms with E-state index in [0.717, 1.165) is 43.8 Å². The lowest BCUT2D eigenvalue weighted by atomic mass is 10.0. The number of hydrogen-bond acceptors (Lipinski definition) is 5. The van der Waals surface area contributed by atoms with E-state index in [2.05, 4.69) is 17.0 Å². The number of piperidine rings is 1. The molecule has 2 N–H and O–H groups in total. The Balaban J connectivity index is 1.40. The first-order chi connectivity index (χ1) is 14.3. The number of sulfonamides is 1. The van der Waals surface area contributed by atoms with Gasteiger partial charge in [0.05, 0.1) is 12.1 Å². The Morgan fingerprint density at radius 2 is 1.83 bits per heavy atom. The van der Waals surface area contributed by atoms with Gasteiger partial charge in [-0.3, -0.25) is 9.69 Å². The molecule has 2 aromatic rings. The summed E-state index contributed by atoms with van der Waals surface area (Å²) in [4.78, 5) is 16.9. The molecule has 1 saturated heterocycles. The Morgan fingerprint density at radius 3 is 2.43 bits per heavy atom. The molecule has 1 fully saturated rings. The number of halogens is 1. The van der Waals surface area contributed by atoms with Crippen LogP contribution in [-0.4, -0.2) is 50.4 Å². The molecule has 0 aromatic heterocycles. The summed E-state index contributed by atoms with van der Waals surface area (Å²) in [6.45, 7) is 3.08. The van der Waals surface area contributed by atoms with E-state index in [9.17, 15) is 13.2 Å². The first-order valence-corrected chi connectivity index (χ1v) is 11.7. The third-order valence-corrected chi connectivity index (χ3v) is 7.23. The standard InChI is InChI=1S/C21H24ClN3O4S/c1-29-17-4-2-14(3-5-17)12-24-8-6-16(7-9-24)25-13-15-10-19(22)20(30(23,27)28)11-18(15)21(25)26/h2-5,10-11,16H,6-9,12-13H2,1H3,(H2,23,27,28). The van der Waals surface area contributed by atoms with Crippen molar-refractivity contribution in [3.8, 4) is 5.75 Å². The SMILES string of the molecule is COc1ccc(CN2CCC(N3Cc4cc(Cl)c(S(N)(=O)=O)cc4C3=O)CC2)cc1. The molecule has 0 spiro atoms. The fourth-order valence-electron chi connectivity index (χ4n) is 4.23. The molecule has 4 rings (SSSR count). The van der Waals surface area contributed by atoms with Crippen molar-refractivity contribution in [1.82, 2.24) is 9.80 Å². The molecule has 160 valence electrons. The molecule has 1 amide bonds. The van der Waals surface area contributed by atoms with Crippen LogP contribution in [0.3, 0.4) is 0 Å². The third-order valence-electron chi connectivity index (χ3n) is 5.86. The van der Waals surface area contributed by atoms with Crippen LogP contribution in [0.5, 0.6) is 5.75 Å². The fraction of sp³-hybridized carbons (Fsp3) is 0.381. The zero-order valence-electron chi connectivity index (χ0n) is 16.7. The molecule has 7 nitrogen and oxygen atoms in total. The molecular weight excluding hydrogens is 426 g/mol. The average Bonchev–Trinajstić information content (AvgIpc) is 3.03. The Labute approximate surface area is 181 Å². The summed E-state index contributed by atoms with van der Waals surface area (Å²) >= 11 is 6.09. The van der Waals surface area contributed by atoms with Gasteiger partial charge in [0.2, 0.25) is 10.0 Å². The smallest absolute Gasteiger partial charge is 0.254 e. The second-order valence-corrected chi connectivity index (χ2v) is 9.71. The topological polar surface area (TPSA) is 92.9 Å². The molecule has 2 aromatic carbocycles. The summed E-state index contributed by atoms with van der Waals surface area (Å²) in [6.07, 6.45) is 1.73. The van der Waals surface area contributed by atoms with Crippen LogP contribution in [0.1, 0.15) is 34.3 Å². The summed E-state index contributed by atoms with van der Waals surface area (Å²) < 4.78 is 28.6. The normalized spacial score (nSPS) is 18.0. The van der Waals surface area contributed by atoms with Gasteiger partial charge in [0.25, 0.3) is 5.91 Å². The van der Waals surface area contributed by atoms with E-state index >= 15 is 0 Å². The molecular formula is C21H24ClN3O4S. The number of fused-ring (bicyclic) bond motifs is 1. The zero-order chi connectivity index (χ0) is 21.5. The van der Waals surface area contributed by atoms with Crippen LogP contribution >= 0.6 is 11.6 Å². The van der Waals surface area contributed by atoms with Gasteiger partial charge in [-0.15, -0.1) is 0 Å². The number of carbonyl (C=O) groups excluding carboxylic acids is 1. The van der Waals surface area contributed by atoms with Crippen molar-refractivity contribution in [2.45, 2.75) is 36.9 Å². The van der Waals surface area contributed by atoms with Crippen molar-refractivity contribution in [3.63, 3.8) is 0 Å². The summed E-state index contributed by atoms with van der Waals surface area (Å²) in [6, 6.07) is 11.0. The maximum absolute atomic E-state index is 12.9. The number of nitrogens with zero attached hydrogens (tertiary/aromatic N) is 2. The summed E-state index contributed by atoms with van der Waals surface area (Å²) in [5.74, 6) is 0.690. The van der Waals surface area contributed by atoms with Crippen molar-refractivity contribution < 1.29 is 17.9 Å². The van der Waals surface area contributed by atoms with Crippen molar-refractivity contribution in [2.24, 2.45) is 5.14 Å². The first-order valence-electron chi connectivity index (χ1n) is 9.78. The molecule has 2 aliphatic heterocycles. The van der Waals surface area contributed by atoms with E-state index < -0.39 is 10.0 Å². The number of amides is 1. The lowest BCUT2D eigenvalue weighted by molar-refractivity contribution is 0.0590. The van der Waals surface area contributed by atoms with Crippen LogP contribution in [0.4, 0.5) is 0 Å². The quantitative estimate of drug-likeness (QED) is 0.757. The fourth-order valence-corrected chi connectivity index (χ4v) is 5.35. The molecule has 0 aliphatic carbocycles. The third kappa shape index (κ3) is 4.18. The van der Waals surface area contributed by atoms with Gasteiger partial charge in [-0.1, -0.05) is 23.7 Å². The van der Waals surface area contributed by atoms with E-state index in [0.29, 0.717) is 12.1 Å². The van der Waals surface area contributed by atoms with Crippen LogP contribution in [0, 0.1) is 0 Å². The second-order valence-electron chi connectivity index (χ2n) is 7.77. The van der Waals surface area contributed by atoms with Crippen LogP contribution < -0.4 is 9.88 Å². The van der Waals surface area contributed by atoms with Crippen LogP contribution in [0.2, 0.25) is 5.02 Å². The molecule has 0 saturated carbocycles. The number of hydrogen-bond donors (Lipinski definition) is 1. The van der Waals surface area contributed by atoms with Crippen molar-refractivity contribution in [3.05, 3.63) is 58.1 Å². The van der Waals surface area contributed by atoms with Gasteiger partial charge in [0, 0.05) is 37.8 Å². The number of benzene rings is 2. The van der Waals surface area contributed by atoms with E-state index in [4.69, 9.17) is 21.5 Å². The molecule has 0 radical (unpaired) electrons. The van der Waals surface area contributed by atoms with E-state index in [1.54, 1.807) is 13.2 Å². The van der Waals surface area contributed by atoms with E-state index in [1.165, 1.54) is 11.6 Å². The van der Waals surface area contributed by atoms with Crippen LogP contribution in [-0.2, 0) is 23.1 Å². The minimum atomic E-state index is -3.98. The molecule has 0 atom stereocenters. The Morgan fingerprint density at radius 1 is 1.17 bits per heavy atom. The monoisotopic (exact) mass is 449 g/mol. The highest BCUT2D eigenvalue weighted by molar-refractivity contribution is 7.89. The summed E-state index contributed by atoms with van der Waals surface area (Å²) in [5.41, 5.74) is 2.35. The zero-order valence-corrected chi connectivity index (χ0v) is 18.2. The summed E-state index contributed by atoms with van der Waals surface area (Å²) in [7, 11) is -2.33. The maximum Gasteiger partial charge on any atom is 0.254 e. The minimum absolute atomic E-state index is 0.0558. The van der Waals surface area contributed by atoms with Crippen molar-refractivity contribution in [1.29, 1.82) is 0 Å². The summed E-state index contributed by atoms with van der Waals surface area (Å²) in [5, 5.41) is 5.28. The highest BCUT2D eigenvalue weighted by Gasteiger charge is 2.35. The predicted molar refractivity (Wildman–Crippen MR) is 114 cm³/mol. The molecule has 30 heavy (non-hydrogen) atoms. The largest absolute Gasteiger partial charge is 0.497 e. The lowest BCUT2D eigenvalue weighted by Crippen LogP contribution is -2.44. The average molecular weight is 450 g/mol. The number of primary sulfonamides is 1. The minimum Gasteiger partial charge on any atom is -0.497 e. The van der Waals surface area contributed by atoms with Gasteiger partial charge in [-0.25, -0.2) is 13.6 Å². The van der Waals surface area contributed by atoms with Gasteiger partial charge in [0.15, 0.2) is 0 Å². The molecule has 2 heterocycles. The van der Waals surface area contributed by atoms with Gasteiger partial charge in [-0.05, 0) is 48.2 Å². The van der Waals surface area contributed by atoms with Crippen molar-refractivity contribution >= 4 is 27.5 Å². The molecule has 2 aliphatic rings. The second kappa shape index (κ2) is 8.19. The van der Waals surface area contributed by atoms with Gasteiger partial charge in [0.1, 0.15) is 10.6 Å². The van der Waals surface area contributed by atoms with E-state index in [1.807, 2.05) is 17.0 Å². The Bertz CT molecular complexity index is 1060. The maximum atomic E-state index is 12.9. The number of carbonyl (C=O) groups is 1. The predicted octanol–water partition coefficient (Wildman–Crippen LogP) is 2.62. The van der Waals surface area contributed by atoms with Crippen LogP contribution in [0.15, 0.2) is 41.3 Å². The van der Waals surface area contributed by atoms with Gasteiger partial charge < -0.3 is 9.64 Å². The number of nitrogens with two attached hydrogens (primary N) is 1.